The molecule has 4 rings (SSSR count). The number of methoxy groups -OCH3 is 1. The average molecular weight is 576 g/mol. The number of hydrogen-bond acceptors (Lipinski definition) is 8. The lowest BCUT2D eigenvalue weighted by Crippen LogP contribution is -2.29. The van der Waals surface area contributed by atoms with Crippen LogP contribution < -0.4 is 14.8 Å². The maximum absolute atomic E-state index is 13.2. The molecule has 200 valence electrons. The third kappa shape index (κ3) is 6.11. The van der Waals surface area contributed by atoms with Gasteiger partial charge in [-0.25, -0.2) is 9.48 Å². The van der Waals surface area contributed by atoms with E-state index < -0.39 is 12.0 Å². The van der Waals surface area contributed by atoms with Crippen LogP contribution in [0.15, 0.2) is 65.5 Å². The van der Waals surface area contributed by atoms with Crippen LogP contribution in [0.3, 0.4) is 0 Å². The summed E-state index contributed by atoms with van der Waals surface area (Å²) in [5, 5.41) is 9.48. The summed E-state index contributed by atoms with van der Waals surface area (Å²) in [6, 6.07) is 10.3. The monoisotopic (exact) mass is 574 g/mol. The molecule has 0 saturated carbocycles. The number of anilines is 1. The second kappa shape index (κ2) is 12.6. The van der Waals surface area contributed by atoms with Crippen LogP contribution in [0.5, 0.6) is 11.5 Å². The number of benzene rings is 2. The van der Waals surface area contributed by atoms with Crippen LogP contribution >= 0.6 is 35.0 Å². The highest BCUT2D eigenvalue weighted by atomic mass is 35.5. The summed E-state index contributed by atoms with van der Waals surface area (Å²) in [6.45, 7) is 7.92. The first-order valence-electron chi connectivity index (χ1n) is 12.0. The van der Waals surface area contributed by atoms with Crippen molar-refractivity contribution in [2.24, 2.45) is 0 Å². The first-order valence-corrected chi connectivity index (χ1v) is 13.7. The van der Waals surface area contributed by atoms with Crippen molar-refractivity contribution in [2.45, 2.75) is 38.1 Å². The third-order valence-electron chi connectivity index (χ3n) is 5.70. The van der Waals surface area contributed by atoms with Gasteiger partial charge in [0.25, 0.3) is 0 Å². The van der Waals surface area contributed by atoms with Crippen molar-refractivity contribution in [1.82, 2.24) is 14.8 Å². The smallest absolute Gasteiger partial charge is 0.338 e. The van der Waals surface area contributed by atoms with Crippen LogP contribution in [0.2, 0.25) is 10.0 Å². The number of nitrogens with zero attached hydrogens (tertiary/aromatic N) is 3. The summed E-state index contributed by atoms with van der Waals surface area (Å²) in [7, 11) is 1.56. The molecule has 11 heteroatoms. The standard InChI is InChI=1S/C27H28Cl2N4O4S/c1-5-11-36-25(34)23-16(3)30-26-31-27(38-12-6-2)32-33(26)24(23)18-8-10-21(22(14-18)35-4)37-15-17-7-9-19(28)20(29)13-17/h5,7-10,13-14,24H,1,6,11-12,15H2,2-4H3,(H,30,31,32). The maximum Gasteiger partial charge on any atom is 0.338 e. The van der Waals surface area contributed by atoms with Crippen LogP contribution in [0.4, 0.5) is 5.95 Å². The van der Waals surface area contributed by atoms with Crippen molar-refractivity contribution in [3.8, 4) is 11.5 Å². The number of esters is 1. The van der Waals surface area contributed by atoms with Crippen LogP contribution in [0.25, 0.3) is 0 Å². The van der Waals surface area contributed by atoms with E-state index in [4.69, 9.17) is 42.5 Å². The maximum atomic E-state index is 13.2. The van der Waals surface area contributed by atoms with Crippen LogP contribution in [-0.2, 0) is 16.1 Å². The number of rotatable bonds is 11. The average Bonchev–Trinajstić information content (AvgIpc) is 3.32. The Bertz CT molecular complexity index is 1380. The Balaban J connectivity index is 1.69. The molecule has 1 aromatic heterocycles. The molecule has 0 bridgehead atoms. The molecule has 0 fully saturated rings. The van der Waals surface area contributed by atoms with Crippen molar-refractivity contribution in [3.05, 3.63) is 81.5 Å². The summed E-state index contributed by atoms with van der Waals surface area (Å²) in [4.78, 5) is 17.8. The Hall–Kier alpha value is -3.14. The van der Waals surface area contributed by atoms with Gasteiger partial charge in [0.2, 0.25) is 11.1 Å². The molecule has 0 amide bonds. The normalized spacial score (nSPS) is 14.5. The van der Waals surface area contributed by atoms with Crippen molar-refractivity contribution < 1.29 is 19.0 Å². The first-order chi connectivity index (χ1) is 18.4. The molecule has 2 heterocycles. The summed E-state index contributed by atoms with van der Waals surface area (Å²) < 4.78 is 18.8. The van der Waals surface area contributed by atoms with E-state index in [0.717, 1.165) is 23.3 Å². The number of halogens is 2. The SMILES string of the molecule is C=CCOC(=O)C1=C(C)Nc2nc(SCCC)nn2C1c1ccc(OCc2ccc(Cl)c(Cl)c2)c(OC)c1. The lowest BCUT2D eigenvalue weighted by Gasteiger charge is -2.28. The van der Waals surface area contributed by atoms with Crippen molar-refractivity contribution >= 4 is 46.9 Å². The molecule has 0 radical (unpaired) electrons. The van der Waals surface area contributed by atoms with E-state index in [9.17, 15) is 4.79 Å². The van der Waals surface area contributed by atoms with Gasteiger partial charge < -0.3 is 19.5 Å². The highest BCUT2D eigenvalue weighted by Crippen LogP contribution is 2.40. The van der Waals surface area contributed by atoms with Crippen LogP contribution in [0.1, 0.15) is 37.4 Å². The van der Waals surface area contributed by atoms with E-state index >= 15 is 0 Å². The number of thioether (sulfide) groups is 1. The van der Waals surface area contributed by atoms with Gasteiger partial charge in [0, 0.05) is 11.4 Å². The summed E-state index contributed by atoms with van der Waals surface area (Å²) >= 11 is 13.7. The Labute approximate surface area is 236 Å². The zero-order valence-electron chi connectivity index (χ0n) is 21.3. The van der Waals surface area contributed by atoms with Crippen molar-refractivity contribution in [1.29, 1.82) is 0 Å². The largest absolute Gasteiger partial charge is 0.493 e. The zero-order valence-corrected chi connectivity index (χ0v) is 23.6. The minimum absolute atomic E-state index is 0.0922. The molecule has 8 nitrogen and oxygen atoms in total. The number of hydrogen-bond donors (Lipinski definition) is 1. The Morgan fingerprint density at radius 2 is 2.03 bits per heavy atom. The zero-order chi connectivity index (χ0) is 27.2. The predicted molar refractivity (Wildman–Crippen MR) is 150 cm³/mol. The summed E-state index contributed by atoms with van der Waals surface area (Å²) in [5.74, 6) is 1.99. The van der Waals surface area contributed by atoms with Gasteiger partial charge in [0.1, 0.15) is 19.3 Å². The van der Waals surface area contributed by atoms with E-state index in [1.54, 1.807) is 41.8 Å². The minimum Gasteiger partial charge on any atom is -0.493 e. The van der Waals surface area contributed by atoms with Gasteiger partial charge in [-0.1, -0.05) is 66.7 Å². The highest BCUT2D eigenvalue weighted by molar-refractivity contribution is 7.99. The van der Waals surface area contributed by atoms with E-state index in [-0.39, 0.29) is 13.2 Å². The van der Waals surface area contributed by atoms with E-state index in [2.05, 4.69) is 23.8 Å². The topological polar surface area (TPSA) is 87.5 Å². The molecule has 0 aliphatic carbocycles. The molecule has 38 heavy (non-hydrogen) atoms. The molecule has 1 aliphatic rings. The predicted octanol–water partition coefficient (Wildman–Crippen LogP) is 6.69. The van der Waals surface area contributed by atoms with E-state index in [1.165, 1.54) is 6.08 Å². The number of fused-ring (bicyclic) bond motifs is 1. The Kier molecular flexibility index (Phi) is 9.25. The van der Waals surface area contributed by atoms with Gasteiger partial charge in [-0.05, 0) is 48.7 Å². The quantitative estimate of drug-likeness (QED) is 0.154. The third-order valence-corrected chi connectivity index (χ3v) is 7.48. The number of ether oxygens (including phenoxy) is 3. The molecule has 1 unspecified atom stereocenters. The van der Waals surface area contributed by atoms with Gasteiger partial charge in [0.15, 0.2) is 11.5 Å². The van der Waals surface area contributed by atoms with Gasteiger partial charge in [-0.3, -0.25) is 0 Å². The molecular weight excluding hydrogens is 547 g/mol. The second-order valence-corrected chi connectivity index (χ2v) is 10.3. The molecular formula is C27H28Cl2N4O4S. The van der Waals surface area contributed by atoms with Crippen molar-refractivity contribution in [3.63, 3.8) is 0 Å². The first kappa shape index (κ1) is 27.9. The lowest BCUT2D eigenvalue weighted by molar-refractivity contribution is -0.138. The second-order valence-electron chi connectivity index (χ2n) is 8.41. The lowest BCUT2D eigenvalue weighted by atomic mass is 9.95. The van der Waals surface area contributed by atoms with Crippen LogP contribution in [-0.4, -0.2) is 40.2 Å². The van der Waals surface area contributed by atoms with Crippen LogP contribution in [0, 0.1) is 0 Å². The van der Waals surface area contributed by atoms with E-state index in [1.807, 2.05) is 25.1 Å². The fraction of sp³-hybridized carbons (Fsp3) is 0.296. The van der Waals surface area contributed by atoms with Gasteiger partial charge >= 0.3 is 5.97 Å². The number of allylic oxidation sites excluding steroid dienone is 1. The summed E-state index contributed by atoms with van der Waals surface area (Å²) in [6.07, 6.45) is 2.52. The minimum atomic E-state index is -0.593. The van der Waals surface area contributed by atoms with Gasteiger partial charge in [-0.2, -0.15) is 4.98 Å². The molecule has 1 N–H and O–H groups in total. The number of nitrogens with one attached hydrogen (secondary N) is 1. The Morgan fingerprint density at radius 3 is 2.74 bits per heavy atom. The highest BCUT2D eigenvalue weighted by Gasteiger charge is 2.35. The molecule has 1 aliphatic heterocycles. The number of aromatic nitrogens is 3. The Morgan fingerprint density at radius 1 is 1.21 bits per heavy atom. The fourth-order valence-corrected chi connectivity index (χ4v) is 4.94. The fourth-order valence-electron chi connectivity index (χ4n) is 3.93. The van der Waals surface area contributed by atoms with Crippen molar-refractivity contribution in [2.75, 3.05) is 24.8 Å². The number of carbonyl (C=O) groups excluding carboxylic acids is 1. The van der Waals surface area contributed by atoms with E-state index in [0.29, 0.717) is 43.9 Å². The number of carbonyl (C=O) groups is 1. The molecule has 1 atom stereocenters. The van der Waals surface area contributed by atoms with Gasteiger partial charge in [-0.15, -0.1) is 5.10 Å². The summed E-state index contributed by atoms with van der Waals surface area (Å²) in [5.41, 5.74) is 2.67. The van der Waals surface area contributed by atoms with Gasteiger partial charge in [0.05, 0.1) is 22.7 Å². The molecule has 0 saturated heterocycles. The molecule has 0 spiro atoms. The molecule has 3 aromatic rings. The molecule has 2 aromatic carbocycles.